The molecule has 28 heavy (non-hydrogen) atoms. The minimum absolute atomic E-state index is 0.0652. The zero-order valence-corrected chi connectivity index (χ0v) is 17.8. The van der Waals surface area contributed by atoms with Gasteiger partial charge in [0.2, 0.25) is 0 Å². The van der Waals surface area contributed by atoms with Crippen molar-refractivity contribution in [1.29, 1.82) is 0 Å². The van der Waals surface area contributed by atoms with E-state index in [1.165, 1.54) is 14.2 Å². The van der Waals surface area contributed by atoms with Crippen molar-refractivity contribution in [3.8, 4) is 0 Å². The molecule has 0 spiro atoms. The Morgan fingerprint density at radius 2 is 1.82 bits per heavy atom. The van der Waals surface area contributed by atoms with Gasteiger partial charge in [0.1, 0.15) is 0 Å². The van der Waals surface area contributed by atoms with Gasteiger partial charge in [-0.25, -0.2) is 9.59 Å². The van der Waals surface area contributed by atoms with Gasteiger partial charge in [0, 0.05) is 30.0 Å². The van der Waals surface area contributed by atoms with Crippen LogP contribution in [0.3, 0.4) is 0 Å². The number of carbonyl (C=O) groups is 2. The van der Waals surface area contributed by atoms with Gasteiger partial charge in [-0.3, -0.25) is 0 Å². The predicted molar refractivity (Wildman–Crippen MR) is 107 cm³/mol. The number of benzene rings is 1. The first-order valence-electron chi connectivity index (χ1n) is 9.18. The second-order valence-corrected chi connectivity index (χ2v) is 7.78. The van der Waals surface area contributed by atoms with Crippen LogP contribution in [0.1, 0.15) is 29.9 Å². The smallest absolute Gasteiger partial charge is 0.336 e. The van der Waals surface area contributed by atoms with Gasteiger partial charge >= 0.3 is 11.9 Å². The first-order valence-corrected chi connectivity index (χ1v) is 9.97. The molecule has 0 bridgehead atoms. The van der Waals surface area contributed by atoms with Gasteiger partial charge < -0.3 is 19.1 Å². The quantitative estimate of drug-likeness (QED) is 0.641. The minimum atomic E-state index is -0.572. The molecule has 2 aliphatic heterocycles. The van der Waals surface area contributed by atoms with Crippen molar-refractivity contribution in [2.24, 2.45) is 0 Å². The molecule has 1 aromatic carbocycles. The number of halogens is 1. The van der Waals surface area contributed by atoms with Crippen molar-refractivity contribution in [3.05, 3.63) is 57.3 Å². The van der Waals surface area contributed by atoms with Crippen LogP contribution in [-0.4, -0.2) is 50.3 Å². The zero-order valence-electron chi connectivity index (χ0n) is 16.2. The van der Waals surface area contributed by atoms with Gasteiger partial charge in [0.25, 0.3) is 0 Å². The Bertz CT molecular complexity index is 792. The van der Waals surface area contributed by atoms with E-state index in [0.29, 0.717) is 17.7 Å². The Kier molecular flexibility index (Phi) is 6.57. The highest BCUT2D eigenvalue weighted by Gasteiger charge is 2.36. The molecule has 2 aliphatic rings. The highest BCUT2D eigenvalue weighted by molar-refractivity contribution is 9.10. The summed E-state index contributed by atoms with van der Waals surface area (Å²) in [6.45, 7) is 3.27. The average Bonchev–Trinajstić information content (AvgIpc) is 3.21. The first-order chi connectivity index (χ1) is 13.4. The second kappa shape index (κ2) is 8.92. The highest BCUT2D eigenvalue weighted by Crippen LogP contribution is 2.38. The molecule has 1 fully saturated rings. The van der Waals surface area contributed by atoms with E-state index in [-0.39, 0.29) is 6.10 Å². The molecule has 3 rings (SSSR count). The van der Waals surface area contributed by atoms with Gasteiger partial charge in [0.15, 0.2) is 0 Å². The maximum absolute atomic E-state index is 12.6. The fraction of sp³-hybridized carbons (Fsp3) is 0.429. The molecule has 1 aromatic rings. The van der Waals surface area contributed by atoms with E-state index in [0.717, 1.165) is 35.0 Å². The van der Waals surface area contributed by atoms with Crippen LogP contribution in [0, 0.1) is 6.92 Å². The van der Waals surface area contributed by atoms with Crippen molar-refractivity contribution >= 4 is 27.9 Å². The van der Waals surface area contributed by atoms with Crippen LogP contribution in [0.25, 0.3) is 0 Å². The third-order valence-electron chi connectivity index (χ3n) is 5.04. The predicted octanol–water partition coefficient (Wildman–Crippen LogP) is 3.45. The Hall–Kier alpha value is -2.12. The summed E-state index contributed by atoms with van der Waals surface area (Å²) >= 11 is 3.53. The molecule has 150 valence electrons. The summed E-state index contributed by atoms with van der Waals surface area (Å²) in [6, 6.07) is 5.78. The van der Waals surface area contributed by atoms with Crippen molar-refractivity contribution in [3.63, 3.8) is 0 Å². The molecule has 0 aliphatic carbocycles. The third-order valence-corrected chi connectivity index (χ3v) is 5.90. The molecule has 0 aromatic heterocycles. The number of aryl methyl sites for hydroxylation is 1. The number of methoxy groups -OCH3 is 2. The summed E-state index contributed by atoms with van der Waals surface area (Å²) in [5.74, 6) is -1.53. The van der Waals surface area contributed by atoms with Crippen LogP contribution in [0.4, 0.5) is 0 Å². The Morgan fingerprint density at radius 3 is 2.32 bits per heavy atom. The monoisotopic (exact) mass is 449 g/mol. The summed E-state index contributed by atoms with van der Waals surface area (Å²) in [7, 11) is 2.68. The first kappa shape index (κ1) is 20.6. The summed E-state index contributed by atoms with van der Waals surface area (Å²) in [5, 5.41) is 0. The normalized spacial score (nSPS) is 19.9. The van der Waals surface area contributed by atoms with Crippen LogP contribution >= 0.6 is 15.9 Å². The van der Waals surface area contributed by atoms with E-state index in [2.05, 4.69) is 15.9 Å². The molecule has 0 amide bonds. The molecule has 0 radical (unpaired) electrons. The number of esters is 2. The van der Waals surface area contributed by atoms with Gasteiger partial charge in [-0.2, -0.15) is 0 Å². The lowest BCUT2D eigenvalue weighted by atomic mass is 9.83. The lowest BCUT2D eigenvalue weighted by molar-refractivity contribution is -0.137. The summed E-state index contributed by atoms with van der Waals surface area (Å²) in [6.07, 6.45) is 5.53. The van der Waals surface area contributed by atoms with Gasteiger partial charge in [-0.05, 0) is 37.0 Å². The molecule has 0 unspecified atom stereocenters. The summed E-state index contributed by atoms with van der Waals surface area (Å²) < 4.78 is 16.6. The minimum Gasteiger partial charge on any atom is -0.466 e. The van der Waals surface area contributed by atoms with Crippen LogP contribution < -0.4 is 0 Å². The summed E-state index contributed by atoms with van der Waals surface area (Å²) in [5.41, 5.74) is 2.65. The number of carbonyl (C=O) groups excluding carboxylic acids is 2. The van der Waals surface area contributed by atoms with Crippen LogP contribution in [-0.2, 0) is 23.8 Å². The fourth-order valence-electron chi connectivity index (χ4n) is 3.56. The number of rotatable bonds is 5. The topological polar surface area (TPSA) is 65.1 Å². The van der Waals surface area contributed by atoms with Crippen LogP contribution in [0.15, 0.2) is 46.2 Å². The van der Waals surface area contributed by atoms with Crippen molar-refractivity contribution in [2.75, 3.05) is 27.4 Å². The maximum Gasteiger partial charge on any atom is 0.336 e. The highest BCUT2D eigenvalue weighted by atomic mass is 79.9. The fourth-order valence-corrected chi connectivity index (χ4v) is 3.96. The van der Waals surface area contributed by atoms with Gasteiger partial charge in [-0.1, -0.05) is 28.1 Å². The van der Waals surface area contributed by atoms with E-state index in [9.17, 15) is 9.59 Å². The SMILES string of the molecule is COC(=O)C1=CN(C[C@@H]2CCCO2)C=C(C(=O)OC)C1c1ccc(C)c(Br)c1. The standard InChI is InChI=1S/C21H24BrNO5/c1-13-6-7-14(9-18(13)22)19-16(20(24)26-2)11-23(10-15-5-4-8-28-15)12-17(19)21(25)27-3/h6-7,9,11-12,15,19H,4-5,8,10H2,1-3H3/t15-/m0/s1. The van der Waals surface area contributed by atoms with E-state index in [1.807, 2.05) is 30.0 Å². The molecule has 1 saturated heterocycles. The lowest BCUT2D eigenvalue weighted by Crippen LogP contribution is -2.32. The van der Waals surface area contributed by atoms with Gasteiger partial charge in [0.05, 0.1) is 37.4 Å². The Balaban J connectivity index is 2.05. The molecule has 7 heteroatoms. The van der Waals surface area contributed by atoms with Crippen LogP contribution in [0.2, 0.25) is 0 Å². The molecule has 0 saturated carbocycles. The van der Waals surface area contributed by atoms with Crippen molar-refractivity contribution < 1.29 is 23.8 Å². The Morgan fingerprint density at radius 1 is 1.18 bits per heavy atom. The number of ether oxygens (including phenoxy) is 3. The molecule has 2 heterocycles. The number of hydrogen-bond acceptors (Lipinski definition) is 6. The largest absolute Gasteiger partial charge is 0.466 e. The van der Waals surface area contributed by atoms with Crippen LogP contribution in [0.5, 0.6) is 0 Å². The van der Waals surface area contributed by atoms with Crippen molar-refractivity contribution in [1.82, 2.24) is 4.90 Å². The van der Waals surface area contributed by atoms with Gasteiger partial charge in [-0.15, -0.1) is 0 Å². The zero-order chi connectivity index (χ0) is 20.3. The second-order valence-electron chi connectivity index (χ2n) is 6.93. The molecular weight excluding hydrogens is 426 g/mol. The van der Waals surface area contributed by atoms with E-state index in [1.54, 1.807) is 12.4 Å². The van der Waals surface area contributed by atoms with E-state index in [4.69, 9.17) is 14.2 Å². The molecule has 1 atom stereocenters. The Labute approximate surface area is 173 Å². The molecule has 6 nitrogen and oxygen atoms in total. The number of nitrogens with zero attached hydrogens (tertiary/aromatic N) is 1. The molecule has 0 N–H and O–H groups in total. The van der Waals surface area contributed by atoms with E-state index < -0.39 is 17.9 Å². The number of hydrogen-bond donors (Lipinski definition) is 0. The van der Waals surface area contributed by atoms with Crippen molar-refractivity contribution in [2.45, 2.75) is 31.8 Å². The molecular formula is C21H24BrNO5. The average molecular weight is 450 g/mol. The summed E-state index contributed by atoms with van der Waals surface area (Å²) in [4.78, 5) is 27.0. The third kappa shape index (κ3) is 4.31. The maximum atomic E-state index is 12.6. The van der Waals surface area contributed by atoms with E-state index >= 15 is 0 Å². The lowest BCUT2D eigenvalue weighted by Gasteiger charge is -2.31.